The molecule has 0 spiro atoms. The molecule has 0 N–H and O–H groups in total. The molecule has 0 amide bonds. The summed E-state index contributed by atoms with van der Waals surface area (Å²) in [5.41, 5.74) is 27.4. The van der Waals surface area contributed by atoms with E-state index < -0.39 is 0 Å². The lowest BCUT2D eigenvalue weighted by Crippen LogP contribution is -1.93. The summed E-state index contributed by atoms with van der Waals surface area (Å²) in [5, 5.41) is 29.1. The maximum atomic E-state index is 6.57. The molecular weight excluding hydrogens is 1560 g/mol. The predicted molar refractivity (Wildman–Crippen MR) is 548 cm³/mol. The Labute approximate surface area is 744 Å². The maximum Gasteiger partial charge on any atom is 0.143 e. The average molecular weight is 1640 g/mol. The van der Waals surface area contributed by atoms with Crippen molar-refractivity contribution in [1.82, 2.24) is 0 Å². The van der Waals surface area contributed by atoms with Crippen molar-refractivity contribution in [2.24, 2.45) is 0 Å². The Morgan fingerprint density at radius 3 is 0.760 bits per heavy atom. The maximum absolute atomic E-state index is 6.57. The van der Waals surface area contributed by atoms with Crippen molar-refractivity contribution in [3.05, 3.63) is 473 Å². The summed E-state index contributed by atoms with van der Waals surface area (Å²) in [7, 11) is 0. The third-order valence-corrected chi connectivity index (χ3v) is 26.6. The van der Waals surface area contributed by atoms with Crippen molar-refractivity contribution in [3.8, 4) is 100 Å². The fourth-order valence-corrected chi connectivity index (χ4v) is 20.9. The monoisotopic (exact) mass is 1640 g/mol. The minimum Gasteiger partial charge on any atom is -0.455 e. The summed E-state index contributed by atoms with van der Waals surface area (Å²) in [4.78, 5) is 0. The first-order valence-corrected chi connectivity index (χ1v) is 44.3. The first kappa shape index (κ1) is 74.6. The molecule has 0 aliphatic rings. The van der Waals surface area contributed by atoms with Crippen LogP contribution in [0.2, 0.25) is 0 Å². The Morgan fingerprint density at radius 1 is 0.109 bits per heavy atom. The number of fused-ring (bicyclic) bond motifs is 18. The third kappa shape index (κ3) is 12.5. The van der Waals surface area contributed by atoms with Gasteiger partial charge in [0.05, 0.1) is 0 Å². The van der Waals surface area contributed by atoms with Gasteiger partial charge >= 0.3 is 0 Å². The fourth-order valence-electron chi connectivity index (χ4n) is 20.9. The van der Waals surface area contributed by atoms with Gasteiger partial charge in [0.15, 0.2) is 0 Å². The summed E-state index contributed by atoms with van der Waals surface area (Å²) in [6.45, 7) is 0. The number of hydrogen-bond donors (Lipinski definition) is 0. The lowest BCUT2D eigenvalue weighted by Gasteiger charge is -2.20. The van der Waals surface area contributed by atoms with Crippen LogP contribution < -0.4 is 0 Å². The summed E-state index contributed by atoms with van der Waals surface area (Å²) < 4.78 is 19.7. The van der Waals surface area contributed by atoms with Crippen molar-refractivity contribution >= 4 is 163 Å². The van der Waals surface area contributed by atoms with E-state index in [1.165, 1.54) is 180 Å². The molecule has 3 aromatic heterocycles. The molecule has 0 aliphatic heterocycles. The summed E-state index contributed by atoms with van der Waals surface area (Å²) in [5.74, 6) is 0. The Hall–Kier alpha value is -17.0. The van der Waals surface area contributed by atoms with Gasteiger partial charge in [0, 0.05) is 65.7 Å². The van der Waals surface area contributed by atoms with Gasteiger partial charge in [-0.25, -0.2) is 0 Å². The molecule has 0 aliphatic carbocycles. The molecule has 0 bridgehead atoms. The zero-order chi connectivity index (χ0) is 85.0. The molecule has 3 heterocycles. The van der Waals surface area contributed by atoms with Gasteiger partial charge in [-0.1, -0.05) is 437 Å². The van der Waals surface area contributed by atoms with Crippen LogP contribution in [0.15, 0.2) is 486 Å². The second kappa shape index (κ2) is 31.1. The van der Waals surface area contributed by atoms with Crippen LogP contribution in [0.4, 0.5) is 0 Å². The predicted octanol–water partition coefficient (Wildman–Crippen LogP) is 36.1. The average Bonchev–Trinajstić information content (AvgIpc) is 1.69. The molecule has 27 rings (SSSR count). The highest BCUT2D eigenvalue weighted by Crippen LogP contribution is 2.53. The Morgan fingerprint density at radius 2 is 0.349 bits per heavy atom. The fraction of sp³-hybridized carbons (Fsp3) is 0. The smallest absolute Gasteiger partial charge is 0.143 e. The first-order chi connectivity index (χ1) is 64.0. The first-order valence-electron chi connectivity index (χ1n) is 44.3. The van der Waals surface area contributed by atoms with Crippen LogP contribution in [0.25, 0.3) is 263 Å². The Kier molecular flexibility index (Phi) is 18.0. The topological polar surface area (TPSA) is 39.4 Å². The SMILES string of the molecule is c1cc(-c2ccc3ccccc3c2)cc(-c2c3ccccc3c(-c3cccc4c3oc3ccccc34)c3ccccc23)c1.c1ccc(-c2c3ccccc3c(-c3cccc4c3oc3ccccc34)c3ccccc23)c(-c2ccc3ccccc3c2)c1.c1ccc(-c2c3ccccc3c(-c3cccc4c3oc3ccccc34)c3ccccc23)c(-c2cccc3ccccc23)c1. The van der Waals surface area contributed by atoms with Gasteiger partial charge in [-0.05, 0) is 200 Å². The van der Waals surface area contributed by atoms with Gasteiger partial charge in [-0.3, -0.25) is 0 Å². The van der Waals surface area contributed by atoms with Crippen molar-refractivity contribution < 1.29 is 13.3 Å². The van der Waals surface area contributed by atoms with Crippen LogP contribution >= 0.6 is 0 Å². The van der Waals surface area contributed by atoms with Gasteiger partial charge in [-0.2, -0.15) is 0 Å². The van der Waals surface area contributed by atoms with Crippen molar-refractivity contribution in [1.29, 1.82) is 0 Å². The van der Waals surface area contributed by atoms with E-state index in [4.69, 9.17) is 13.3 Å². The van der Waals surface area contributed by atoms with E-state index in [1.54, 1.807) is 0 Å². The standard InChI is InChI=1S/3C42H26O/c1-2-12-28-25-30(24-23-27(28)11-1)29-13-9-14-31(26-29)40-33-16-3-5-18-35(33)41(36-19-6-4-17-34(36)40)38-21-10-20-37-32-15-7-8-22-39(32)43-42(37)38;1-2-15-28-27(13-1)14-11-23-29(28)30-16-3-4-18-32(30)40-33-19-5-7-21-35(33)41(36-22-8-6-20-34(36)40)38-25-12-24-37-31-17-9-10-26-39(31)43-42(37)38;1-2-13-28-26-29(25-24-27(28)12-1)30-14-3-4-16-32(30)40-33-17-5-7-19-35(33)41(36-20-8-6-18-34(36)40)38-22-11-21-37-31-15-9-10-23-39(31)43-42(37)38/h3*1-26H. The molecular formula is C126H78O3. The molecule has 129 heavy (non-hydrogen) atoms. The highest BCUT2D eigenvalue weighted by Gasteiger charge is 2.27. The van der Waals surface area contributed by atoms with E-state index in [9.17, 15) is 0 Å². The molecule has 0 atom stereocenters. The largest absolute Gasteiger partial charge is 0.455 e. The molecule has 600 valence electrons. The highest BCUT2D eigenvalue weighted by atomic mass is 16.3. The molecule has 0 fully saturated rings. The highest BCUT2D eigenvalue weighted by molar-refractivity contribution is 6.29. The molecule has 3 heteroatoms. The number of para-hydroxylation sites is 6. The number of rotatable bonds is 9. The van der Waals surface area contributed by atoms with E-state index in [-0.39, 0.29) is 0 Å². The van der Waals surface area contributed by atoms with E-state index in [1.807, 2.05) is 18.2 Å². The van der Waals surface area contributed by atoms with Crippen LogP contribution in [0.1, 0.15) is 0 Å². The van der Waals surface area contributed by atoms with Gasteiger partial charge in [0.25, 0.3) is 0 Å². The normalized spacial score (nSPS) is 11.7. The van der Waals surface area contributed by atoms with E-state index in [2.05, 4.69) is 455 Å². The molecule has 0 saturated carbocycles. The van der Waals surface area contributed by atoms with Crippen LogP contribution in [0.5, 0.6) is 0 Å². The third-order valence-electron chi connectivity index (χ3n) is 26.6. The van der Waals surface area contributed by atoms with E-state index in [0.717, 1.165) is 82.5 Å². The van der Waals surface area contributed by atoms with Crippen molar-refractivity contribution in [2.75, 3.05) is 0 Å². The summed E-state index contributed by atoms with van der Waals surface area (Å²) >= 11 is 0. The molecule has 27 aromatic rings. The van der Waals surface area contributed by atoms with Gasteiger partial charge in [0.1, 0.15) is 33.5 Å². The van der Waals surface area contributed by atoms with Crippen LogP contribution in [-0.4, -0.2) is 0 Å². The molecule has 3 nitrogen and oxygen atoms in total. The van der Waals surface area contributed by atoms with Gasteiger partial charge in [0.2, 0.25) is 0 Å². The van der Waals surface area contributed by atoms with Crippen molar-refractivity contribution in [3.63, 3.8) is 0 Å². The number of hydrogen-bond acceptors (Lipinski definition) is 3. The van der Waals surface area contributed by atoms with E-state index >= 15 is 0 Å². The van der Waals surface area contributed by atoms with Crippen LogP contribution in [-0.2, 0) is 0 Å². The molecule has 0 unspecified atom stereocenters. The zero-order valence-electron chi connectivity index (χ0n) is 70.3. The number of furan rings is 3. The second-order valence-electron chi connectivity index (χ2n) is 33.7. The van der Waals surface area contributed by atoms with Crippen LogP contribution in [0.3, 0.4) is 0 Å². The zero-order valence-corrected chi connectivity index (χ0v) is 70.3. The van der Waals surface area contributed by atoms with Crippen LogP contribution in [0, 0.1) is 0 Å². The molecule has 0 saturated heterocycles. The van der Waals surface area contributed by atoms with Gasteiger partial charge < -0.3 is 13.3 Å². The minimum absolute atomic E-state index is 0.916. The quantitative estimate of drug-likeness (QED) is 0.135. The summed E-state index contributed by atoms with van der Waals surface area (Å²) in [6, 6.07) is 170. The second-order valence-corrected chi connectivity index (χ2v) is 33.7. The minimum atomic E-state index is 0.916. The summed E-state index contributed by atoms with van der Waals surface area (Å²) in [6.07, 6.45) is 0. The van der Waals surface area contributed by atoms with E-state index in [0.29, 0.717) is 0 Å². The number of benzene rings is 24. The lowest BCUT2D eigenvalue weighted by atomic mass is 9.83. The molecule has 0 radical (unpaired) electrons. The lowest BCUT2D eigenvalue weighted by molar-refractivity contribution is 0.669. The van der Waals surface area contributed by atoms with Crippen molar-refractivity contribution in [2.45, 2.75) is 0 Å². The Balaban J connectivity index is 0.000000105. The Bertz CT molecular complexity index is 9050. The molecule has 24 aromatic carbocycles. The van der Waals surface area contributed by atoms with Gasteiger partial charge in [-0.15, -0.1) is 0 Å².